The second kappa shape index (κ2) is 6.02. The smallest absolute Gasteiger partial charge is 0.354 e. The quantitative estimate of drug-likeness (QED) is 0.618. The van der Waals surface area contributed by atoms with Crippen LogP contribution in [0.15, 0.2) is 12.1 Å². The number of carboxylic acids is 1. The van der Waals surface area contributed by atoms with Crippen molar-refractivity contribution in [3.05, 3.63) is 27.9 Å². The molecule has 1 aromatic rings. The number of hydrogen-bond donors (Lipinski definition) is 1. The second-order valence-electron chi connectivity index (χ2n) is 4.55. The number of ether oxygens (including phenoxy) is 2. The van der Waals surface area contributed by atoms with Crippen molar-refractivity contribution in [3.63, 3.8) is 0 Å². The van der Waals surface area contributed by atoms with Crippen LogP contribution in [0.4, 0.5) is 11.5 Å². The molecule has 2 unspecified atom stereocenters. The number of rotatable bonds is 5. The van der Waals surface area contributed by atoms with Gasteiger partial charge in [0.2, 0.25) is 5.82 Å². The molecule has 2 heterocycles. The first-order chi connectivity index (χ1) is 9.97. The second-order valence-corrected chi connectivity index (χ2v) is 4.55. The van der Waals surface area contributed by atoms with E-state index in [1.165, 1.54) is 14.2 Å². The third kappa shape index (κ3) is 2.93. The molecule has 1 aliphatic rings. The first-order valence-electron chi connectivity index (χ1n) is 6.17. The van der Waals surface area contributed by atoms with Gasteiger partial charge < -0.3 is 19.5 Å². The molecular weight excluding hydrogens is 282 g/mol. The van der Waals surface area contributed by atoms with E-state index in [-0.39, 0.29) is 29.4 Å². The average molecular weight is 297 g/mol. The summed E-state index contributed by atoms with van der Waals surface area (Å²) in [6.07, 6.45) is -0.519. The summed E-state index contributed by atoms with van der Waals surface area (Å²) in [5, 5.41) is 20.1. The average Bonchev–Trinajstić information content (AvgIpc) is 2.89. The van der Waals surface area contributed by atoms with Crippen LogP contribution >= 0.6 is 0 Å². The van der Waals surface area contributed by atoms with E-state index in [1.54, 1.807) is 4.90 Å². The van der Waals surface area contributed by atoms with Gasteiger partial charge in [0, 0.05) is 33.4 Å². The summed E-state index contributed by atoms with van der Waals surface area (Å²) in [6, 6.07) is 2.26. The summed E-state index contributed by atoms with van der Waals surface area (Å²) >= 11 is 0. The molecule has 1 aliphatic heterocycles. The lowest BCUT2D eigenvalue weighted by Crippen LogP contribution is -2.27. The first-order valence-corrected chi connectivity index (χ1v) is 6.17. The van der Waals surface area contributed by atoms with Crippen LogP contribution in [0, 0.1) is 10.1 Å². The Morgan fingerprint density at radius 2 is 1.95 bits per heavy atom. The Bertz CT molecular complexity index is 552. The summed E-state index contributed by atoms with van der Waals surface area (Å²) in [6.45, 7) is 0.678. The molecular formula is C12H15N3O6. The number of aromatic nitrogens is 1. The maximum atomic E-state index is 11.1. The molecule has 21 heavy (non-hydrogen) atoms. The van der Waals surface area contributed by atoms with Crippen LogP contribution in [0.25, 0.3) is 0 Å². The Kier molecular flexibility index (Phi) is 4.34. The Hall–Kier alpha value is -2.26. The van der Waals surface area contributed by atoms with Crippen LogP contribution in [0.2, 0.25) is 0 Å². The van der Waals surface area contributed by atoms with Gasteiger partial charge in [-0.15, -0.1) is 0 Å². The number of carboxylic acid groups (broad SMARTS) is 1. The standard InChI is InChI=1S/C12H15N3O6/c1-20-9-5-14(6-10(9)21-2)11-8(15(18)19)4-3-7(13-11)12(16)17/h3-4,9-10H,5-6H2,1-2H3,(H,16,17). The van der Waals surface area contributed by atoms with Gasteiger partial charge in [0.15, 0.2) is 5.69 Å². The molecule has 0 aromatic carbocycles. The van der Waals surface area contributed by atoms with Gasteiger partial charge >= 0.3 is 11.7 Å². The molecule has 1 N–H and O–H groups in total. The summed E-state index contributed by atoms with van der Waals surface area (Å²) in [5.41, 5.74) is -0.489. The molecule has 114 valence electrons. The molecule has 1 saturated heterocycles. The van der Waals surface area contributed by atoms with E-state index < -0.39 is 10.9 Å². The number of hydrogen-bond acceptors (Lipinski definition) is 7. The predicted molar refractivity (Wildman–Crippen MR) is 71.7 cm³/mol. The minimum Gasteiger partial charge on any atom is -0.477 e. The van der Waals surface area contributed by atoms with Gasteiger partial charge in [-0.1, -0.05) is 0 Å². The van der Waals surface area contributed by atoms with Gasteiger partial charge in [0.05, 0.1) is 4.92 Å². The number of nitro groups is 1. The first kappa shape index (κ1) is 15.1. The fourth-order valence-corrected chi connectivity index (χ4v) is 2.31. The third-order valence-electron chi connectivity index (χ3n) is 3.39. The molecule has 2 rings (SSSR count). The lowest BCUT2D eigenvalue weighted by atomic mass is 10.3. The van der Waals surface area contributed by atoms with E-state index >= 15 is 0 Å². The Morgan fingerprint density at radius 1 is 1.38 bits per heavy atom. The number of methoxy groups -OCH3 is 2. The van der Waals surface area contributed by atoms with Crippen LogP contribution in [-0.4, -0.2) is 60.5 Å². The van der Waals surface area contributed by atoms with Crippen LogP contribution < -0.4 is 4.90 Å². The zero-order valence-corrected chi connectivity index (χ0v) is 11.6. The normalized spacial score (nSPS) is 21.5. The molecule has 0 aliphatic carbocycles. The summed E-state index contributed by atoms with van der Waals surface area (Å²) in [4.78, 5) is 27.0. The van der Waals surface area contributed by atoms with Crippen molar-refractivity contribution in [2.24, 2.45) is 0 Å². The molecule has 9 nitrogen and oxygen atoms in total. The Labute approximate surface area is 120 Å². The van der Waals surface area contributed by atoms with E-state index in [2.05, 4.69) is 4.98 Å². The minimum absolute atomic E-state index is 0.0153. The number of carbonyl (C=O) groups is 1. The largest absolute Gasteiger partial charge is 0.477 e. The van der Waals surface area contributed by atoms with Crippen molar-refractivity contribution in [1.82, 2.24) is 4.98 Å². The van der Waals surface area contributed by atoms with E-state index in [4.69, 9.17) is 14.6 Å². The van der Waals surface area contributed by atoms with Gasteiger partial charge in [-0.2, -0.15) is 0 Å². The summed E-state index contributed by atoms with van der Waals surface area (Å²) < 4.78 is 10.5. The topological polar surface area (TPSA) is 115 Å². The van der Waals surface area contributed by atoms with E-state index in [1.807, 2.05) is 0 Å². The van der Waals surface area contributed by atoms with Crippen LogP contribution in [-0.2, 0) is 9.47 Å². The molecule has 0 bridgehead atoms. The number of anilines is 1. The molecule has 1 aromatic heterocycles. The highest BCUT2D eigenvalue weighted by molar-refractivity contribution is 5.86. The monoisotopic (exact) mass is 297 g/mol. The molecule has 0 spiro atoms. The molecule has 0 amide bonds. The predicted octanol–water partition coefficient (Wildman–Crippen LogP) is 0.538. The Balaban J connectivity index is 2.39. The maximum absolute atomic E-state index is 11.1. The van der Waals surface area contributed by atoms with Crippen LogP contribution in [0.5, 0.6) is 0 Å². The van der Waals surface area contributed by atoms with Gasteiger partial charge in [-0.05, 0) is 6.07 Å². The highest BCUT2D eigenvalue weighted by atomic mass is 16.6. The third-order valence-corrected chi connectivity index (χ3v) is 3.39. The van der Waals surface area contributed by atoms with E-state index in [0.29, 0.717) is 13.1 Å². The highest BCUT2D eigenvalue weighted by Crippen LogP contribution is 2.30. The van der Waals surface area contributed by atoms with Gasteiger partial charge in [-0.3, -0.25) is 10.1 Å². The van der Waals surface area contributed by atoms with Gasteiger partial charge in [-0.25, -0.2) is 9.78 Å². The fraction of sp³-hybridized carbons (Fsp3) is 0.500. The molecule has 0 radical (unpaired) electrons. The van der Waals surface area contributed by atoms with Crippen molar-refractivity contribution in [1.29, 1.82) is 0 Å². The number of aromatic carboxylic acids is 1. The van der Waals surface area contributed by atoms with Crippen LogP contribution in [0.1, 0.15) is 10.5 Å². The maximum Gasteiger partial charge on any atom is 0.354 e. The number of nitrogens with zero attached hydrogens (tertiary/aromatic N) is 3. The van der Waals surface area contributed by atoms with Crippen LogP contribution in [0.3, 0.4) is 0 Å². The molecule has 0 saturated carbocycles. The zero-order chi connectivity index (χ0) is 15.6. The van der Waals surface area contributed by atoms with Gasteiger partial charge in [0.25, 0.3) is 0 Å². The lowest BCUT2D eigenvalue weighted by molar-refractivity contribution is -0.384. The highest BCUT2D eigenvalue weighted by Gasteiger charge is 2.36. The van der Waals surface area contributed by atoms with Crippen molar-refractivity contribution in [3.8, 4) is 0 Å². The van der Waals surface area contributed by atoms with Crippen molar-refractivity contribution in [2.45, 2.75) is 12.2 Å². The minimum atomic E-state index is -1.24. The lowest BCUT2D eigenvalue weighted by Gasteiger charge is -2.16. The van der Waals surface area contributed by atoms with Crippen molar-refractivity contribution in [2.75, 3.05) is 32.2 Å². The molecule has 9 heteroatoms. The Morgan fingerprint density at radius 3 is 2.38 bits per heavy atom. The summed E-state index contributed by atoms with van der Waals surface area (Å²) in [5.74, 6) is -1.22. The van der Waals surface area contributed by atoms with Gasteiger partial charge in [0.1, 0.15) is 12.2 Å². The fourth-order valence-electron chi connectivity index (χ4n) is 2.31. The number of pyridine rings is 1. The SMILES string of the molecule is COC1CN(c2nc(C(=O)O)ccc2[N+](=O)[O-])CC1OC. The van der Waals surface area contributed by atoms with Crippen molar-refractivity contribution < 1.29 is 24.3 Å². The summed E-state index contributed by atoms with van der Waals surface area (Å²) in [7, 11) is 3.05. The van der Waals surface area contributed by atoms with E-state index in [0.717, 1.165) is 12.1 Å². The zero-order valence-electron chi connectivity index (χ0n) is 11.6. The van der Waals surface area contributed by atoms with E-state index in [9.17, 15) is 14.9 Å². The van der Waals surface area contributed by atoms with Crippen molar-refractivity contribution >= 4 is 17.5 Å². The molecule has 2 atom stereocenters. The molecule has 1 fully saturated rings.